The minimum Gasteiger partial charge on any atom is -0.495 e. The van der Waals surface area contributed by atoms with Crippen LogP contribution in [0.5, 0.6) is 5.75 Å². The fourth-order valence-electron chi connectivity index (χ4n) is 1.99. The molecule has 0 saturated heterocycles. The van der Waals surface area contributed by atoms with Crippen LogP contribution < -0.4 is 15.4 Å². The first-order valence-electron chi connectivity index (χ1n) is 6.87. The van der Waals surface area contributed by atoms with Gasteiger partial charge in [-0.1, -0.05) is 24.3 Å². The van der Waals surface area contributed by atoms with Gasteiger partial charge in [0, 0.05) is 4.47 Å². The molecule has 1 heterocycles. The van der Waals surface area contributed by atoms with Gasteiger partial charge in [-0.3, -0.25) is 0 Å². The van der Waals surface area contributed by atoms with Crippen LogP contribution in [0.4, 0.5) is 23.1 Å². The molecule has 0 amide bonds. The number of methoxy groups -OCH3 is 1. The van der Waals surface area contributed by atoms with Crippen LogP contribution in [-0.4, -0.2) is 22.3 Å². The number of hydrogen-bond acceptors (Lipinski definition) is 6. The number of hydrogen-bond donors (Lipinski definition) is 2. The normalized spacial score (nSPS) is 10.2. The second kappa shape index (κ2) is 7.06. The summed E-state index contributed by atoms with van der Waals surface area (Å²) in [7, 11) is 1.62. The summed E-state index contributed by atoms with van der Waals surface area (Å²) in [5.41, 5.74) is 1.67. The van der Waals surface area contributed by atoms with Gasteiger partial charge in [0.1, 0.15) is 5.75 Å². The van der Waals surface area contributed by atoms with E-state index in [0.717, 1.165) is 21.6 Å². The van der Waals surface area contributed by atoms with Gasteiger partial charge in [-0.05, 0) is 40.2 Å². The first-order valence-corrected chi connectivity index (χ1v) is 7.67. The molecule has 3 aromatic rings. The van der Waals surface area contributed by atoms with Crippen molar-refractivity contribution in [3.8, 4) is 5.75 Å². The number of para-hydroxylation sites is 3. The zero-order valence-electron chi connectivity index (χ0n) is 12.3. The second-order valence-electron chi connectivity index (χ2n) is 4.60. The van der Waals surface area contributed by atoms with E-state index < -0.39 is 0 Å². The van der Waals surface area contributed by atoms with Gasteiger partial charge >= 0.3 is 0 Å². The van der Waals surface area contributed by atoms with E-state index in [-0.39, 0.29) is 0 Å². The molecule has 2 N–H and O–H groups in total. The van der Waals surface area contributed by atoms with E-state index in [9.17, 15) is 0 Å². The Balaban J connectivity index is 1.81. The molecule has 0 unspecified atom stereocenters. The Morgan fingerprint density at radius 3 is 2.48 bits per heavy atom. The van der Waals surface area contributed by atoms with Crippen LogP contribution in [0.2, 0.25) is 0 Å². The van der Waals surface area contributed by atoms with Crippen molar-refractivity contribution in [3.05, 3.63) is 59.2 Å². The van der Waals surface area contributed by atoms with E-state index in [2.05, 4.69) is 41.7 Å². The molecule has 6 nitrogen and oxygen atoms in total. The molecule has 7 heteroatoms. The van der Waals surface area contributed by atoms with E-state index >= 15 is 0 Å². The minimum atomic E-state index is 0.400. The average molecular weight is 372 g/mol. The van der Waals surface area contributed by atoms with E-state index in [1.807, 2.05) is 48.5 Å². The summed E-state index contributed by atoms with van der Waals surface area (Å²) in [6.45, 7) is 0. The number of halogens is 1. The molecule has 0 aliphatic carbocycles. The Hall–Kier alpha value is -2.67. The van der Waals surface area contributed by atoms with Gasteiger partial charge < -0.3 is 15.4 Å². The van der Waals surface area contributed by atoms with E-state index in [0.29, 0.717) is 11.8 Å². The van der Waals surface area contributed by atoms with Crippen molar-refractivity contribution in [1.29, 1.82) is 0 Å². The lowest BCUT2D eigenvalue weighted by atomic mass is 10.3. The number of aromatic nitrogens is 3. The summed E-state index contributed by atoms with van der Waals surface area (Å²) < 4.78 is 6.23. The van der Waals surface area contributed by atoms with Crippen LogP contribution in [0.25, 0.3) is 0 Å². The van der Waals surface area contributed by atoms with Crippen LogP contribution in [0.1, 0.15) is 0 Å². The zero-order chi connectivity index (χ0) is 16.1. The van der Waals surface area contributed by atoms with E-state index in [1.54, 1.807) is 13.3 Å². The summed E-state index contributed by atoms with van der Waals surface area (Å²) in [6.07, 6.45) is 1.55. The predicted octanol–water partition coefficient (Wildman–Crippen LogP) is 4.13. The molecule has 0 saturated carbocycles. The lowest BCUT2D eigenvalue weighted by molar-refractivity contribution is 0.417. The molecule has 0 bridgehead atoms. The van der Waals surface area contributed by atoms with Crippen LogP contribution in [0, 0.1) is 0 Å². The Labute approximate surface area is 142 Å². The Kier molecular flexibility index (Phi) is 4.68. The largest absolute Gasteiger partial charge is 0.495 e. The summed E-state index contributed by atoms with van der Waals surface area (Å²) in [5, 5.41) is 14.3. The first-order chi connectivity index (χ1) is 11.3. The molecule has 116 valence electrons. The van der Waals surface area contributed by atoms with Crippen LogP contribution in [-0.2, 0) is 0 Å². The van der Waals surface area contributed by atoms with Gasteiger partial charge in [0.2, 0.25) is 5.95 Å². The highest BCUT2D eigenvalue weighted by Crippen LogP contribution is 2.27. The van der Waals surface area contributed by atoms with Gasteiger partial charge in [0.15, 0.2) is 5.82 Å². The molecule has 0 spiro atoms. The molecule has 3 rings (SSSR count). The fraction of sp³-hybridized carbons (Fsp3) is 0.0625. The predicted molar refractivity (Wildman–Crippen MR) is 93.5 cm³/mol. The van der Waals surface area contributed by atoms with Crippen LogP contribution in [0.3, 0.4) is 0 Å². The molecule has 0 fully saturated rings. The lowest BCUT2D eigenvalue weighted by Gasteiger charge is -2.11. The third-order valence-electron chi connectivity index (χ3n) is 3.05. The molecule has 0 aliphatic rings. The Morgan fingerprint density at radius 2 is 1.70 bits per heavy atom. The summed E-state index contributed by atoms with van der Waals surface area (Å²) in [5.74, 6) is 1.70. The summed E-state index contributed by atoms with van der Waals surface area (Å²) in [6, 6.07) is 15.3. The number of nitrogens with one attached hydrogen (secondary N) is 2. The molecule has 2 aromatic carbocycles. The lowest BCUT2D eigenvalue weighted by Crippen LogP contribution is -2.03. The Morgan fingerprint density at radius 1 is 0.957 bits per heavy atom. The quantitative estimate of drug-likeness (QED) is 0.702. The van der Waals surface area contributed by atoms with E-state index in [4.69, 9.17) is 4.74 Å². The van der Waals surface area contributed by atoms with Crippen molar-refractivity contribution < 1.29 is 4.74 Å². The van der Waals surface area contributed by atoms with Gasteiger partial charge in [-0.2, -0.15) is 10.1 Å². The van der Waals surface area contributed by atoms with Crippen LogP contribution >= 0.6 is 15.9 Å². The van der Waals surface area contributed by atoms with Crippen LogP contribution in [0.15, 0.2) is 59.2 Å². The highest BCUT2D eigenvalue weighted by Gasteiger charge is 2.06. The van der Waals surface area contributed by atoms with Gasteiger partial charge in [0.25, 0.3) is 0 Å². The van der Waals surface area contributed by atoms with Crippen molar-refractivity contribution in [3.63, 3.8) is 0 Å². The number of benzene rings is 2. The van der Waals surface area contributed by atoms with Crippen molar-refractivity contribution in [2.45, 2.75) is 0 Å². The van der Waals surface area contributed by atoms with Gasteiger partial charge in [-0.15, -0.1) is 5.10 Å². The standard InChI is InChI=1S/C16H14BrN5O/c1-23-14-9-5-4-8-13(14)19-15-10-18-22-16(21-15)20-12-7-3-2-6-11(12)17/h2-10H,1H3,(H2,19,20,21,22). The fourth-order valence-corrected chi connectivity index (χ4v) is 2.37. The third-order valence-corrected chi connectivity index (χ3v) is 3.74. The number of rotatable bonds is 5. The van der Waals surface area contributed by atoms with Gasteiger partial charge in [-0.25, -0.2) is 0 Å². The summed E-state index contributed by atoms with van der Waals surface area (Å²) >= 11 is 3.47. The molecule has 0 aliphatic heterocycles. The van der Waals surface area contributed by atoms with Crippen molar-refractivity contribution in [1.82, 2.24) is 15.2 Å². The topological polar surface area (TPSA) is 72.0 Å². The SMILES string of the molecule is COc1ccccc1Nc1cnnc(Nc2ccccc2Br)n1. The Bertz CT molecular complexity index is 812. The molecular formula is C16H14BrN5O. The van der Waals surface area contributed by atoms with Crippen molar-refractivity contribution in [2.24, 2.45) is 0 Å². The molecule has 23 heavy (non-hydrogen) atoms. The zero-order valence-corrected chi connectivity index (χ0v) is 13.9. The molecule has 0 radical (unpaired) electrons. The minimum absolute atomic E-state index is 0.400. The molecule has 0 atom stereocenters. The monoisotopic (exact) mass is 371 g/mol. The average Bonchev–Trinajstić information content (AvgIpc) is 2.58. The number of nitrogens with zero attached hydrogens (tertiary/aromatic N) is 3. The maximum absolute atomic E-state index is 5.31. The second-order valence-corrected chi connectivity index (χ2v) is 5.45. The van der Waals surface area contributed by atoms with E-state index in [1.165, 1.54) is 0 Å². The van der Waals surface area contributed by atoms with Gasteiger partial charge in [0.05, 0.1) is 24.7 Å². The van der Waals surface area contributed by atoms with Crippen molar-refractivity contribution >= 4 is 39.1 Å². The molecule has 1 aromatic heterocycles. The maximum atomic E-state index is 5.31. The highest BCUT2D eigenvalue weighted by molar-refractivity contribution is 9.10. The smallest absolute Gasteiger partial charge is 0.249 e. The summed E-state index contributed by atoms with van der Waals surface area (Å²) in [4.78, 5) is 4.41. The maximum Gasteiger partial charge on any atom is 0.249 e. The molecular weight excluding hydrogens is 358 g/mol. The first kappa shape index (κ1) is 15.2. The number of anilines is 4. The third kappa shape index (κ3) is 3.75. The number of ether oxygens (including phenoxy) is 1. The highest BCUT2D eigenvalue weighted by atomic mass is 79.9. The van der Waals surface area contributed by atoms with Crippen molar-refractivity contribution in [2.75, 3.05) is 17.7 Å².